The summed E-state index contributed by atoms with van der Waals surface area (Å²) >= 11 is 2.04. The van der Waals surface area contributed by atoms with Gasteiger partial charge >= 0.3 is 64.1 Å². The fourth-order valence-corrected chi connectivity index (χ4v) is 0. The molecule has 3 nitrogen and oxygen atoms in total. The normalized spacial score (nSPS) is 2.00. The van der Waals surface area contributed by atoms with Crippen molar-refractivity contribution >= 4 is 17.0 Å². The molecular formula is Cl2O3Zr2. The van der Waals surface area contributed by atoms with Gasteiger partial charge in [-0.15, -0.1) is 0 Å². The van der Waals surface area contributed by atoms with Crippen molar-refractivity contribution in [3.05, 3.63) is 0 Å². The number of hydrogen-bond donors (Lipinski definition) is 0. The zero-order valence-electron chi connectivity index (χ0n) is 2.98. The Hall–Kier alpha value is 2.23. The summed E-state index contributed by atoms with van der Waals surface area (Å²) in [6.07, 6.45) is 0. The Morgan fingerprint density at radius 2 is 0.571 bits per heavy atom. The van der Waals surface area contributed by atoms with Crippen LogP contribution in [0.3, 0.4) is 0 Å². The van der Waals surface area contributed by atoms with E-state index in [1.54, 1.807) is 0 Å². The van der Waals surface area contributed by atoms with Crippen LogP contribution in [-0.4, -0.2) is 0 Å². The Labute approximate surface area is 79.5 Å². The molecule has 0 aliphatic heterocycles. The van der Waals surface area contributed by atoms with E-state index in [4.69, 9.17) is 17.0 Å². The molecule has 0 bridgehead atoms. The van der Waals surface area contributed by atoms with Crippen LogP contribution >= 0.6 is 17.0 Å². The van der Waals surface area contributed by atoms with Gasteiger partial charge in [-0.1, -0.05) is 0 Å². The van der Waals surface area contributed by atoms with Crippen LogP contribution in [0.25, 0.3) is 0 Å². The maximum atomic E-state index is 4.73. The average molecular weight is 301 g/mol. The molecule has 0 aromatic rings. The SMILES string of the molecule is [Cl][Zr+3].[Cl][Zr+3].[O-2].[O-2].[O-2]. The summed E-state index contributed by atoms with van der Waals surface area (Å²) in [6.45, 7) is 0. The smallest absolute Gasteiger partial charge is 2.00 e. The van der Waals surface area contributed by atoms with Crippen LogP contribution in [0.2, 0.25) is 0 Å². The molecule has 7 heavy (non-hydrogen) atoms. The molecule has 0 rings (SSSR count). The van der Waals surface area contributed by atoms with Gasteiger partial charge in [0.05, 0.1) is 0 Å². The maximum Gasteiger partial charge on any atom is -2.00 e. The van der Waals surface area contributed by atoms with E-state index < -0.39 is 0 Å². The molecule has 0 unspecified atom stereocenters. The van der Waals surface area contributed by atoms with Crippen molar-refractivity contribution in [2.45, 2.75) is 0 Å². The second-order valence-corrected chi connectivity index (χ2v) is 0. The van der Waals surface area contributed by atoms with Crippen LogP contribution in [0.4, 0.5) is 0 Å². The van der Waals surface area contributed by atoms with Gasteiger partial charge in [-0.2, -0.15) is 0 Å². The van der Waals surface area contributed by atoms with E-state index >= 15 is 0 Å². The molecule has 0 fully saturated rings. The van der Waals surface area contributed by atoms with Gasteiger partial charge in [-0.25, -0.2) is 0 Å². The summed E-state index contributed by atoms with van der Waals surface area (Å²) in [4.78, 5) is 0. The standard InChI is InChI=1S/2ClH.3O.2Zr/h2*1H;;;;;/q;;3*-2;2*+4/p-2. The molecule has 0 amide bonds. The third-order valence-corrected chi connectivity index (χ3v) is 0. The first-order chi connectivity index (χ1) is 2.00. The summed E-state index contributed by atoms with van der Waals surface area (Å²) < 4.78 is 0. The van der Waals surface area contributed by atoms with Crippen LogP contribution in [-0.2, 0) is 63.5 Å². The first-order valence-corrected chi connectivity index (χ1v) is 6.71. The van der Waals surface area contributed by atoms with E-state index in [1.165, 1.54) is 0 Å². The van der Waals surface area contributed by atoms with Gasteiger partial charge in [0.2, 0.25) is 0 Å². The first kappa shape index (κ1) is 35.0. The monoisotopic (exact) mass is 298 g/mol. The number of hydrogen-bond acceptors (Lipinski definition) is 0. The van der Waals surface area contributed by atoms with Gasteiger partial charge in [0.25, 0.3) is 0 Å². The molecule has 0 aromatic carbocycles. The fraction of sp³-hybridized carbons (Fsp3) is 0. The Balaban J connectivity index is -0.00000000267. The van der Waals surface area contributed by atoms with Crippen molar-refractivity contribution in [3.8, 4) is 0 Å². The summed E-state index contributed by atoms with van der Waals surface area (Å²) in [5.41, 5.74) is 0. The third-order valence-electron chi connectivity index (χ3n) is 0. The van der Waals surface area contributed by atoms with E-state index in [2.05, 4.69) is 0 Å². The molecule has 0 saturated carbocycles. The largest absolute Gasteiger partial charge is 2.00 e. The van der Waals surface area contributed by atoms with Gasteiger partial charge < -0.3 is 16.4 Å². The first-order valence-electron chi connectivity index (χ1n) is 0.378. The minimum Gasteiger partial charge on any atom is -2.00 e. The summed E-state index contributed by atoms with van der Waals surface area (Å²) in [6, 6.07) is 0. The van der Waals surface area contributed by atoms with Crippen LogP contribution in [0.15, 0.2) is 0 Å². The van der Waals surface area contributed by atoms with Gasteiger partial charge in [-0.3, -0.25) is 0 Å². The van der Waals surface area contributed by atoms with Gasteiger partial charge in [0.15, 0.2) is 0 Å². The molecule has 0 heterocycles. The number of halogens is 2. The molecular weight excluding hydrogens is 301 g/mol. The van der Waals surface area contributed by atoms with E-state index in [0.717, 1.165) is 47.1 Å². The summed E-state index contributed by atoms with van der Waals surface area (Å²) in [5.74, 6) is 0. The van der Waals surface area contributed by atoms with Crippen molar-refractivity contribution in [2.24, 2.45) is 0 Å². The Kier molecular flexibility index (Phi) is 433. The molecule has 0 aromatic heterocycles. The van der Waals surface area contributed by atoms with Crippen LogP contribution in [0.1, 0.15) is 0 Å². The summed E-state index contributed by atoms with van der Waals surface area (Å²) in [5, 5.41) is 0. The number of rotatable bonds is 0. The Morgan fingerprint density at radius 1 is 0.571 bits per heavy atom. The fourth-order valence-electron chi connectivity index (χ4n) is 0. The average Bonchev–Trinajstić information content (AvgIpc) is 1.50. The van der Waals surface area contributed by atoms with Crippen molar-refractivity contribution < 1.29 is 63.5 Å². The van der Waals surface area contributed by atoms with Crippen molar-refractivity contribution in [1.82, 2.24) is 0 Å². The molecule has 0 N–H and O–H groups in total. The predicted molar refractivity (Wildman–Crippen MR) is 13.8 cm³/mol. The van der Waals surface area contributed by atoms with E-state index in [9.17, 15) is 0 Å². The van der Waals surface area contributed by atoms with Crippen LogP contribution in [0.5, 0.6) is 0 Å². The molecule has 7 heteroatoms. The van der Waals surface area contributed by atoms with Gasteiger partial charge in [0.1, 0.15) is 0 Å². The predicted octanol–water partition coefficient (Wildman–Crippen LogP) is 1.02. The van der Waals surface area contributed by atoms with Crippen molar-refractivity contribution in [2.75, 3.05) is 0 Å². The quantitative estimate of drug-likeness (QED) is 0.640. The topological polar surface area (TPSA) is 85.5 Å². The van der Waals surface area contributed by atoms with Crippen LogP contribution in [0, 0.1) is 0 Å². The zero-order valence-corrected chi connectivity index (χ0v) is 9.41. The molecule has 0 aliphatic carbocycles. The second-order valence-electron chi connectivity index (χ2n) is 0. The molecule has 40 valence electrons. The van der Waals surface area contributed by atoms with Crippen molar-refractivity contribution in [3.63, 3.8) is 0 Å². The second kappa shape index (κ2) is 86.7. The van der Waals surface area contributed by atoms with Gasteiger partial charge in [-0.05, 0) is 0 Å². The zero-order chi connectivity index (χ0) is 4.00. The minimum absolute atomic E-state index is 0. The molecule has 0 atom stereocenters. The third kappa shape index (κ3) is 64.3. The maximum absolute atomic E-state index is 4.73. The molecule has 0 saturated heterocycles. The molecule has 0 radical (unpaired) electrons. The summed E-state index contributed by atoms with van der Waals surface area (Å²) in [7, 11) is 9.46. The Bertz CT molecular complexity index is 10.9. The Morgan fingerprint density at radius 3 is 0.571 bits per heavy atom. The van der Waals surface area contributed by atoms with E-state index in [-0.39, 0.29) is 16.4 Å². The minimum atomic E-state index is 0. The molecule has 0 spiro atoms. The van der Waals surface area contributed by atoms with Crippen molar-refractivity contribution in [1.29, 1.82) is 0 Å². The van der Waals surface area contributed by atoms with E-state index in [1.807, 2.05) is 0 Å². The molecule has 0 aliphatic rings. The van der Waals surface area contributed by atoms with E-state index in [0.29, 0.717) is 0 Å². The van der Waals surface area contributed by atoms with Gasteiger partial charge in [0, 0.05) is 0 Å². The van der Waals surface area contributed by atoms with Crippen LogP contribution < -0.4 is 0 Å².